The van der Waals surface area contributed by atoms with Crippen LogP contribution in [0.15, 0.2) is 36.7 Å². The molecule has 0 aliphatic heterocycles. The van der Waals surface area contributed by atoms with Crippen molar-refractivity contribution in [3.8, 4) is 0 Å². The van der Waals surface area contributed by atoms with E-state index in [-0.39, 0.29) is 11.9 Å². The minimum atomic E-state index is -0.387. The molecule has 0 saturated carbocycles. The molecule has 0 saturated heterocycles. The number of carbonyl (C=O) groups excluding carboxylic acids is 1. The zero-order chi connectivity index (χ0) is 18.8. The molecule has 0 spiro atoms. The number of benzene rings is 1. The molecule has 0 fully saturated rings. The third-order valence-corrected chi connectivity index (χ3v) is 4.72. The van der Waals surface area contributed by atoms with Gasteiger partial charge in [0.2, 0.25) is 5.91 Å². The molecule has 0 radical (unpaired) electrons. The van der Waals surface area contributed by atoms with E-state index in [1.54, 1.807) is 10.9 Å². The molecule has 2 heterocycles. The highest BCUT2D eigenvalue weighted by Crippen LogP contribution is 2.22. The number of nitrogens with zero attached hydrogens (tertiary/aromatic N) is 4. The summed E-state index contributed by atoms with van der Waals surface area (Å²) in [5.74, 6) is -0.102. The fourth-order valence-corrected chi connectivity index (χ4v) is 2.97. The van der Waals surface area contributed by atoms with Crippen molar-refractivity contribution >= 4 is 11.6 Å². The third-order valence-electron chi connectivity index (χ3n) is 4.72. The van der Waals surface area contributed by atoms with E-state index in [4.69, 9.17) is 0 Å². The minimum absolute atomic E-state index is 0.102. The number of anilines is 1. The van der Waals surface area contributed by atoms with Gasteiger partial charge in [0.1, 0.15) is 6.04 Å². The first-order chi connectivity index (χ1) is 12.4. The molecule has 6 heteroatoms. The van der Waals surface area contributed by atoms with Crippen molar-refractivity contribution in [3.63, 3.8) is 0 Å². The Balaban J connectivity index is 1.79. The topological polar surface area (TPSA) is 64.7 Å². The van der Waals surface area contributed by atoms with E-state index in [9.17, 15) is 4.79 Å². The van der Waals surface area contributed by atoms with Gasteiger partial charge >= 0.3 is 0 Å². The van der Waals surface area contributed by atoms with Gasteiger partial charge in [-0.25, -0.2) is 0 Å². The maximum Gasteiger partial charge on any atom is 0.249 e. The molecule has 0 bridgehead atoms. The highest BCUT2D eigenvalue weighted by Gasteiger charge is 2.20. The van der Waals surface area contributed by atoms with Gasteiger partial charge in [0.05, 0.1) is 29.8 Å². The lowest BCUT2D eigenvalue weighted by molar-refractivity contribution is -0.119. The quantitative estimate of drug-likeness (QED) is 0.764. The van der Waals surface area contributed by atoms with Crippen LogP contribution in [0.2, 0.25) is 0 Å². The lowest BCUT2D eigenvalue weighted by Crippen LogP contribution is -2.24. The average Bonchev–Trinajstić information content (AvgIpc) is 3.15. The van der Waals surface area contributed by atoms with E-state index < -0.39 is 0 Å². The van der Waals surface area contributed by atoms with Crippen LogP contribution >= 0.6 is 0 Å². The fraction of sp³-hybridized carbons (Fsp3) is 0.350. The lowest BCUT2D eigenvalue weighted by atomic mass is 10.1. The normalized spacial score (nSPS) is 12.2. The highest BCUT2D eigenvalue weighted by molar-refractivity contribution is 5.94. The van der Waals surface area contributed by atoms with Crippen LogP contribution in [0.3, 0.4) is 0 Å². The Morgan fingerprint density at radius 1 is 1.19 bits per heavy atom. The summed E-state index contributed by atoms with van der Waals surface area (Å²) >= 11 is 0. The smallest absolute Gasteiger partial charge is 0.249 e. The molecule has 0 aliphatic rings. The van der Waals surface area contributed by atoms with Gasteiger partial charge in [0.15, 0.2) is 0 Å². The molecule has 1 aromatic carbocycles. The fourth-order valence-electron chi connectivity index (χ4n) is 2.97. The lowest BCUT2D eigenvalue weighted by Gasteiger charge is -2.13. The summed E-state index contributed by atoms with van der Waals surface area (Å²) in [6.45, 7) is 10.5. The molecule has 6 nitrogen and oxygen atoms in total. The van der Waals surface area contributed by atoms with E-state index in [0.29, 0.717) is 6.54 Å². The van der Waals surface area contributed by atoms with E-state index >= 15 is 0 Å². The van der Waals surface area contributed by atoms with Crippen molar-refractivity contribution in [2.75, 3.05) is 5.32 Å². The Bertz CT molecular complexity index is 938. The Morgan fingerprint density at radius 2 is 1.92 bits per heavy atom. The van der Waals surface area contributed by atoms with E-state index in [1.165, 1.54) is 11.1 Å². The van der Waals surface area contributed by atoms with Gasteiger partial charge in [0.25, 0.3) is 0 Å². The number of aromatic nitrogens is 4. The first kappa shape index (κ1) is 17.9. The van der Waals surface area contributed by atoms with Gasteiger partial charge in [-0.15, -0.1) is 0 Å². The Hall–Kier alpha value is -2.89. The number of nitrogens with one attached hydrogen (secondary N) is 1. The Labute approximate surface area is 153 Å². The standard InChI is InChI=1S/C20H25N5O/c1-13-10-21-24(11-13)17(5)20(26)22-19-15(3)23-25(16(19)4)12-18-9-7-6-8-14(18)2/h6-11,17H,12H2,1-5H3,(H,22,26). The molecule has 0 aliphatic carbocycles. The largest absolute Gasteiger partial charge is 0.321 e. The number of carbonyl (C=O) groups is 1. The number of aryl methyl sites for hydroxylation is 3. The maximum atomic E-state index is 12.6. The summed E-state index contributed by atoms with van der Waals surface area (Å²) in [6, 6.07) is 7.88. The van der Waals surface area contributed by atoms with E-state index in [0.717, 1.165) is 22.6 Å². The molecular weight excluding hydrogens is 326 g/mol. The van der Waals surface area contributed by atoms with Crippen LogP contribution in [0, 0.1) is 27.7 Å². The summed E-state index contributed by atoms with van der Waals surface area (Å²) in [7, 11) is 0. The average molecular weight is 351 g/mol. The predicted octanol–water partition coefficient (Wildman–Crippen LogP) is 3.56. The van der Waals surface area contributed by atoms with Gasteiger partial charge in [-0.1, -0.05) is 24.3 Å². The second kappa shape index (κ2) is 7.15. The summed E-state index contributed by atoms with van der Waals surface area (Å²) in [6.07, 6.45) is 3.62. The predicted molar refractivity (Wildman–Crippen MR) is 102 cm³/mol. The van der Waals surface area contributed by atoms with Crippen LogP contribution < -0.4 is 5.32 Å². The highest BCUT2D eigenvalue weighted by atomic mass is 16.2. The van der Waals surface area contributed by atoms with Crippen molar-refractivity contribution in [1.82, 2.24) is 19.6 Å². The van der Waals surface area contributed by atoms with Crippen molar-refractivity contribution in [2.24, 2.45) is 0 Å². The molecule has 1 N–H and O–H groups in total. The van der Waals surface area contributed by atoms with Crippen LogP contribution in [0.4, 0.5) is 5.69 Å². The summed E-state index contributed by atoms with van der Waals surface area (Å²) in [5, 5.41) is 11.9. The SMILES string of the molecule is Cc1cnn(C(C)C(=O)Nc2c(C)nn(Cc3ccccc3C)c2C)c1. The van der Waals surface area contributed by atoms with Crippen LogP contribution in [-0.2, 0) is 11.3 Å². The molecule has 136 valence electrons. The maximum absolute atomic E-state index is 12.6. The first-order valence-corrected chi connectivity index (χ1v) is 8.77. The molecule has 3 aromatic rings. The molecule has 1 atom stereocenters. The molecule has 1 unspecified atom stereocenters. The molecule has 1 amide bonds. The van der Waals surface area contributed by atoms with Gasteiger partial charge < -0.3 is 5.32 Å². The van der Waals surface area contributed by atoms with Gasteiger partial charge in [-0.05, 0) is 51.3 Å². The summed E-state index contributed by atoms with van der Waals surface area (Å²) < 4.78 is 3.61. The van der Waals surface area contributed by atoms with Crippen molar-refractivity contribution in [1.29, 1.82) is 0 Å². The molecule has 3 rings (SSSR count). The second-order valence-electron chi connectivity index (χ2n) is 6.79. The summed E-state index contributed by atoms with van der Waals surface area (Å²) in [5.41, 5.74) is 6.02. The molecule has 26 heavy (non-hydrogen) atoms. The first-order valence-electron chi connectivity index (χ1n) is 8.77. The zero-order valence-corrected chi connectivity index (χ0v) is 15.9. The van der Waals surface area contributed by atoms with Gasteiger partial charge in [0, 0.05) is 6.20 Å². The number of hydrogen-bond donors (Lipinski definition) is 1. The van der Waals surface area contributed by atoms with Crippen LogP contribution in [0.25, 0.3) is 0 Å². The minimum Gasteiger partial charge on any atom is -0.321 e. The third kappa shape index (κ3) is 3.54. The monoisotopic (exact) mass is 351 g/mol. The van der Waals surface area contributed by atoms with Gasteiger partial charge in [-0.2, -0.15) is 10.2 Å². The van der Waals surface area contributed by atoms with Crippen molar-refractivity contribution < 1.29 is 4.79 Å². The van der Waals surface area contributed by atoms with Crippen LogP contribution in [-0.4, -0.2) is 25.5 Å². The van der Waals surface area contributed by atoms with E-state index in [2.05, 4.69) is 34.6 Å². The van der Waals surface area contributed by atoms with Crippen LogP contribution in [0.5, 0.6) is 0 Å². The molecular formula is C20H25N5O. The number of amides is 1. The number of hydrogen-bond acceptors (Lipinski definition) is 3. The summed E-state index contributed by atoms with van der Waals surface area (Å²) in [4.78, 5) is 12.6. The Kier molecular flexibility index (Phi) is 4.93. The van der Waals surface area contributed by atoms with Crippen molar-refractivity contribution in [3.05, 3.63) is 64.7 Å². The van der Waals surface area contributed by atoms with Crippen LogP contribution in [0.1, 0.15) is 41.0 Å². The molecule has 2 aromatic heterocycles. The second-order valence-corrected chi connectivity index (χ2v) is 6.79. The van der Waals surface area contributed by atoms with Crippen molar-refractivity contribution in [2.45, 2.75) is 47.2 Å². The van der Waals surface area contributed by atoms with Gasteiger partial charge in [-0.3, -0.25) is 14.2 Å². The Morgan fingerprint density at radius 3 is 2.58 bits per heavy atom. The zero-order valence-electron chi connectivity index (χ0n) is 15.9. The number of rotatable bonds is 5. The van der Waals surface area contributed by atoms with E-state index in [1.807, 2.05) is 50.7 Å².